The van der Waals surface area contributed by atoms with Crippen LogP contribution in [0, 0.1) is 5.92 Å². The van der Waals surface area contributed by atoms with Gasteiger partial charge in [-0.3, -0.25) is 4.98 Å². The van der Waals surface area contributed by atoms with Gasteiger partial charge >= 0.3 is 0 Å². The van der Waals surface area contributed by atoms with E-state index in [-0.39, 0.29) is 0 Å². The predicted octanol–water partition coefficient (Wildman–Crippen LogP) is 1.88. The number of ether oxygens (including phenoxy) is 1. The van der Waals surface area contributed by atoms with Gasteiger partial charge in [-0.1, -0.05) is 13.3 Å². The average molecular weight is 222 g/mol. The van der Waals surface area contributed by atoms with E-state index in [1.807, 2.05) is 0 Å². The van der Waals surface area contributed by atoms with Crippen molar-refractivity contribution in [3.8, 4) is 5.88 Å². The summed E-state index contributed by atoms with van der Waals surface area (Å²) in [6.07, 6.45) is 6.85. The Labute approximate surface area is 95.7 Å². The summed E-state index contributed by atoms with van der Waals surface area (Å²) in [6, 6.07) is 0. The first-order valence-electron chi connectivity index (χ1n) is 5.77. The molecule has 2 rings (SSSR count). The van der Waals surface area contributed by atoms with Gasteiger partial charge < -0.3 is 9.84 Å². The number of nitrogens with zero attached hydrogens (tertiary/aromatic N) is 2. The van der Waals surface area contributed by atoms with Gasteiger partial charge in [0.15, 0.2) is 0 Å². The molecule has 0 radical (unpaired) electrons. The van der Waals surface area contributed by atoms with Crippen LogP contribution in [0.1, 0.15) is 38.3 Å². The van der Waals surface area contributed by atoms with Crippen LogP contribution in [0.3, 0.4) is 0 Å². The van der Waals surface area contributed by atoms with Crippen molar-refractivity contribution in [3.05, 3.63) is 18.1 Å². The molecule has 0 bridgehead atoms. The van der Waals surface area contributed by atoms with Crippen molar-refractivity contribution in [2.45, 2.75) is 38.2 Å². The van der Waals surface area contributed by atoms with Gasteiger partial charge in [0.1, 0.15) is 11.3 Å². The normalized spacial score (nSPS) is 29.3. The van der Waals surface area contributed by atoms with Gasteiger partial charge in [-0.25, -0.2) is 4.98 Å². The SMILES string of the molecule is CCC1CCC(O)(c2nccnc2OC)C1. The van der Waals surface area contributed by atoms with Crippen molar-refractivity contribution < 1.29 is 9.84 Å². The van der Waals surface area contributed by atoms with Crippen LogP contribution in [0.2, 0.25) is 0 Å². The van der Waals surface area contributed by atoms with Crippen LogP contribution in [0.25, 0.3) is 0 Å². The van der Waals surface area contributed by atoms with Gasteiger partial charge in [-0.2, -0.15) is 0 Å². The Hall–Kier alpha value is -1.16. The Morgan fingerprint density at radius 1 is 1.50 bits per heavy atom. The van der Waals surface area contributed by atoms with Crippen LogP contribution in [-0.4, -0.2) is 22.2 Å². The molecule has 1 fully saturated rings. The Morgan fingerprint density at radius 3 is 2.88 bits per heavy atom. The van der Waals surface area contributed by atoms with Gasteiger partial charge in [0.2, 0.25) is 5.88 Å². The zero-order chi connectivity index (χ0) is 11.6. The average Bonchev–Trinajstić information content (AvgIpc) is 2.72. The fourth-order valence-electron chi connectivity index (χ4n) is 2.48. The summed E-state index contributed by atoms with van der Waals surface area (Å²) in [5.41, 5.74) is -0.256. The molecule has 1 aromatic rings. The van der Waals surface area contributed by atoms with E-state index in [4.69, 9.17) is 4.74 Å². The molecule has 1 aromatic heterocycles. The minimum absolute atomic E-state index is 0.446. The minimum Gasteiger partial charge on any atom is -0.480 e. The lowest BCUT2D eigenvalue weighted by Crippen LogP contribution is -2.24. The Bertz CT molecular complexity index is 370. The van der Waals surface area contributed by atoms with Crippen molar-refractivity contribution in [2.24, 2.45) is 5.92 Å². The third kappa shape index (κ3) is 1.89. The predicted molar refractivity (Wildman–Crippen MR) is 60.1 cm³/mol. The summed E-state index contributed by atoms with van der Waals surface area (Å²) in [5.74, 6) is 1.03. The van der Waals surface area contributed by atoms with Crippen LogP contribution in [-0.2, 0) is 5.60 Å². The van der Waals surface area contributed by atoms with E-state index in [9.17, 15) is 5.11 Å². The van der Waals surface area contributed by atoms with Crippen molar-refractivity contribution in [2.75, 3.05) is 7.11 Å². The molecule has 0 spiro atoms. The Morgan fingerprint density at radius 2 is 2.25 bits per heavy atom. The summed E-state index contributed by atoms with van der Waals surface area (Å²) < 4.78 is 5.16. The number of hydrogen-bond donors (Lipinski definition) is 1. The van der Waals surface area contributed by atoms with E-state index in [1.54, 1.807) is 19.5 Å². The fourth-order valence-corrected chi connectivity index (χ4v) is 2.48. The lowest BCUT2D eigenvalue weighted by molar-refractivity contribution is 0.0320. The molecular formula is C12H18N2O2. The number of aromatic nitrogens is 2. The van der Waals surface area contributed by atoms with E-state index in [2.05, 4.69) is 16.9 Å². The van der Waals surface area contributed by atoms with Crippen molar-refractivity contribution in [3.63, 3.8) is 0 Å². The molecule has 2 atom stereocenters. The largest absolute Gasteiger partial charge is 0.480 e. The van der Waals surface area contributed by atoms with E-state index < -0.39 is 5.60 Å². The smallest absolute Gasteiger partial charge is 0.238 e. The highest BCUT2D eigenvalue weighted by Crippen LogP contribution is 2.44. The Kier molecular flexibility index (Phi) is 3.10. The molecule has 1 aliphatic carbocycles. The number of rotatable bonds is 3. The van der Waals surface area contributed by atoms with Crippen molar-refractivity contribution >= 4 is 0 Å². The molecule has 1 saturated carbocycles. The summed E-state index contributed by atoms with van der Waals surface area (Å²) in [7, 11) is 1.56. The van der Waals surface area contributed by atoms with Gasteiger partial charge in [0, 0.05) is 12.4 Å². The first-order valence-corrected chi connectivity index (χ1v) is 5.77. The first-order chi connectivity index (χ1) is 7.69. The second-order valence-corrected chi connectivity index (χ2v) is 4.46. The van der Waals surface area contributed by atoms with Crippen LogP contribution < -0.4 is 4.74 Å². The van der Waals surface area contributed by atoms with Gasteiger partial charge in [-0.15, -0.1) is 0 Å². The molecule has 0 aromatic carbocycles. The zero-order valence-corrected chi connectivity index (χ0v) is 9.81. The molecule has 0 aliphatic heterocycles. The maximum Gasteiger partial charge on any atom is 0.238 e. The van der Waals surface area contributed by atoms with E-state index in [1.165, 1.54) is 0 Å². The highest BCUT2D eigenvalue weighted by Gasteiger charge is 2.41. The molecule has 4 heteroatoms. The molecule has 4 nitrogen and oxygen atoms in total. The molecule has 0 saturated heterocycles. The molecule has 1 heterocycles. The molecule has 16 heavy (non-hydrogen) atoms. The summed E-state index contributed by atoms with van der Waals surface area (Å²) in [6.45, 7) is 2.16. The first kappa shape index (κ1) is 11.3. The van der Waals surface area contributed by atoms with E-state index in [0.29, 0.717) is 17.5 Å². The van der Waals surface area contributed by atoms with Crippen LogP contribution in [0.4, 0.5) is 0 Å². The highest BCUT2D eigenvalue weighted by atomic mass is 16.5. The number of methoxy groups -OCH3 is 1. The van der Waals surface area contributed by atoms with Crippen molar-refractivity contribution in [1.29, 1.82) is 0 Å². The Balaban J connectivity index is 2.29. The highest BCUT2D eigenvalue weighted by molar-refractivity contribution is 5.25. The third-order valence-electron chi connectivity index (χ3n) is 3.47. The monoisotopic (exact) mass is 222 g/mol. The third-order valence-corrected chi connectivity index (χ3v) is 3.47. The lowest BCUT2D eigenvalue weighted by atomic mass is 9.95. The van der Waals surface area contributed by atoms with Gasteiger partial charge in [0.05, 0.1) is 7.11 Å². The topological polar surface area (TPSA) is 55.2 Å². The molecule has 0 amide bonds. The summed E-state index contributed by atoms with van der Waals surface area (Å²) in [4.78, 5) is 8.33. The second-order valence-electron chi connectivity index (χ2n) is 4.46. The maximum absolute atomic E-state index is 10.6. The van der Waals surface area contributed by atoms with Gasteiger partial charge in [-0.05, 0) is 25.2 Å². The summed E-state index contributed by atoms with van der Waals surface area (Å²) >= 11 is 0. The molecular weight excluding hydrogens is 204 g/mol. The summed E-state index contributed by atoms with van der Waals surface area (Å²) in [5, 5.41) is 10.6. The molecule has 1 N–H and O–H groups in total. The molecule has 2 unspecified atom stereocenters. The maximum atomic E-state index is 10.6. The fraction of sp³-hybridized carbons (Fsp3) is 0.667. The molecule has 88 valence electrons. The van der Waals surface area contributed by atoms with Crippen LogP contribution in [0.5, 0.6) is 5.88 Å². The quantitative estimate of drug-likeness (QED) is 0.848. The number of hydrogen-bond acceptors (Lipinski definition) is 4. The van der Waals surface area contributed by atoms with Crippen LogP contribution in [0.15, 0.2) is 12.4 Å². The van der Waals surface area contributed by atoms with Gasteiger partial charge in [0.25, 0.3) is 0 Å². The van der Waals surface area contributed by atoms with E-state index in [0.717, 1.165) is 25.7 Å². The standard InChI is InChI=1S/C12H18N2O2/c1-3-9-4-5-12(15,8-9)10-11(16-2)14-7-6-13-10/h6-7,9,15H,3-5,8H2,1-2H3. The lowest BCUT2D eigenvalue weighted by Gasteiger charge is -2.23. The van der Waals surface area contributed by atoms with Crippen molar-refractivity contribution in [1.82, 2.24) is 9.97 Å². The molecule has 1 aliphatic rings. The van der Waals surface area contributed by atoms with Crippen LogP contribution >= 0.6 is 0 Å². The number of aliphatic hydroxyl groups is 1. The zero-order valence-electron chi connectivity index (χ0n) is 9.81. The minimum atomic E-state index is -0.847. The second kappa shape index (κ2) is 4.37. The van der Waals surface area contributed by atoms with E-state index >= 15 is 0 Å².